The number of amidine groups is 2. The van der Waals surface area contributed by atoms with Crippen LogP contribution in [0, 0.1) is 5.41 Å². The van der Waals surface area contributed by atoms with Gasteiger partial charge in [0.25, 0.3) is 0 Å². The van der Waals surface area contributed by atoms with Gasteiger partial charge in [-0.3, -0.25) is 4.99 Å². The Labute approximate surface area is 305 Å². The summed E-state index contributed by atoms with van der Waals surface area (Å²) < 4.78 is 2.17. The Morgan fingerprint density at radius 2 is 1.33 bits per heavy atom. The van der Waals surface area contributed by atoms with Crippen LogP contribution in [0.15, 0.2) is 181 Å². The van der Waals surface area contributed by atoms with Crippen LogP contribution in [-0.4, -0.2) is 22.5 Å². The van der Waals surface area contributed by atoms with Crippen molar-refractivity contribution in [3.63, 3.8) is 0 Å². The van der Waals surface area contributed by atoms with Crippen molar-refractivity contribution >= 4 is 40.4 Å². The van der Waals surface area contributed by atoms with Gasteiger partial charge in [-0.05, 0) is 64.1 Å². The Hall–Kier alpha value is -6.85. The first kappa shape index (κ1) is 33.6. The molecule has 0 saturated heterocycles. The van der Waals surface area contributed by atoms with Gasteiger partial charge in [0.15, 0.2) is 5.84 Å². The quantitative estimate of drug-likeness (QED) is 0.104. The fourth-order valence-corrected chi connectivity index (χ4v) is 6.66. The number of para-hydroxylation sites is 1. The van der Waals surface area contributed by atoms with Gasteiger partial charge < -0.3 is 15.7 Å². The maximum absolute atomic E-state index is 8.06. The van der Waals surface area contributed by atoms with Crippen LogP contribution < -0.4 is 5.73 Å². The van der Waals surface area contributed by atoms with Crippen LogP contribution in [0.1, 0.15) is 39.1 Å². The van der Waals surface area contributed by atoms with Crippen molar-refractivity contribution in [2.45, 2.75) is 13.0 Å². The van der Waals surface area contributed by atoms with E-state index in [1.165, 1.54) is 17.3 Å². The fourth-order valence-electron chi connectivity index (χ4n) is 6.66. The van der Waals surface area contributed by atoms with E-state index in [1.54, 1.807) is 0 Å². The van der Waals surface area contributed by atoms with E-state index in [-0.39, 0.29) is 0 Å². The molecule has 1 heterocycles. The molecule has 0 radical (unpaired) electrons. The molecule has 0 unspecified atom stereocenters. The number of nitrogens with zero attached hydrogens (tertiary/aromatic N) is 3. The first-order chi connectivity index (χ1) is 25.6. The van der Waals surface area contributed by atoms with Gasteiger partial charge in [0.2, 0.25) is 0 Å². The van der Waals surface area contributed by atoms with Gasteiger partial charge >= 0.3 is 0 Å². The van der Waals surface area contributed by atoms with Gasteiger partial charge in [-0.2, -0.15) is 0 Å². The first-order valence-corrected chi connectivity index (χ1v) is 17.3. The third-order valence-electron chi connectivity index (χ3n) is 9.26. The van der Waals surface area contributed by atoms with Gasteiger partial charge in [0, 0.05) is 34.0 Å². The number of rotatable bonds is 11. The molecule has 6 aromatic carbocycles. The number of benzene rings is 6. The molecule has 0 saturated carbocycles. The van der Waals surface area contributed by atoms with Gasteiger partial charge in [0.1, 0.15) is 5.84 Å². The molecule has 0 fully saturated rings. The van der Waals surface area contributed by atoms with Gasteiger partial charge in [0.05, 0.1) is 17.8 Å². The summed E-state index contributed by atoms with van der Waals surface area (Å²) in [5.74, 6) is 0.880. The summed E-state index contributed by atoms with van der Waals surface area (Å²) in [4.78, 5) is 9.73. The smallest absolute Gasteiger partial charge is 0.157 e. The van der Waals surface area contributed by atoms with Crippen LogP contribution in [0.3, 0.4) is 0 Å². The van der Waals surface area contributed by atoms with Crippen molar-refractivity contribution in [1.29, 1.82) is 5.41 Å². The number of nitrogens with one attached hydrogen (secondary N) is 1. The van der Waals surface area contributed by atoms with E-state index >= 15 is 0 Å². The minimum Gasteiger partial charge on any atom is -0.383 e. The van der Waals surface area contributed by atoms with Crippen LogP contribution in [0.25, 0.3) is 39.4 Å². The summed E-state index contributed by atoms with van der Waals surface area (Å²) >= 11 is 0. The number of aromatic nitrogens is 1. The van der Waals surface area contributed by atoms with Crippen molar-refractivity contribution < 1.29 is 0 Å². The lowest BCUT2D eigenvalue weighted by Gasteiger charge is -2.16. The predicted octanol–water partition coefficient (Wildman–Crippen LogP) is 10.5. The number of hydrogen-bond acceptors (Lipinski definition) is 2. The van der Waals surface area contributed by atoms with Crippen LogP contribution >= 0.6 is 0 Å². The highest BCUT2D eigenvalue weighted by atomic mass is 15.0. The first-order valence-electron chi connectivity index (χ1n) is 17.3. The van der Waals surface area contributed by atoms with Crippen molar-refractivity contribution in [2.75, 3.05) is 0 Å². The topological polar surface area (TPSA) is 79.5 Å². The number of nitrogens with two attached hydrogens (primary N) is 1. The zero-order valence-corrected chi connectivity index (χ0v) is 28.9. The van der Waals surface area contributed by atoms with E-state index in [1.807, 2.05) is 78.9 Å². The summed E-state index contributed by atoms with van der Waals surface area (Å²) in [5.41, 5.74) is 18.6. The third kappa shape index (κ3) is 6.93. The highest BCUT2D eigenvalue weighted by Crippen LogP contribution is 2.33. The average molecular weight is 674 g/mol. The number of fused-ring (bicyclic) bond motifs is 1. The molecule has 7 aromatic rings. The molecule has 0 aliphatic heterocycles. The summed E-state index contributed by atoms with van der Waals surface area (Å²) in [6.07, 6.45) is 3.97. The second kappa shape index (κ2) is 15.4. The zero-order valence-electron chi connectivity index (χ0n) is 28.9. The second-order valence-electron chi connectivity index (χ2n) is 12.5. The minimum atomic E-state index is 0.318. The summed E-state index contributed by atoms with van der Waals surface area (Å²) in [5, 5.41) is 9.10. The van der Waals surface area contributed by atoms with Crippen molar-refractivity contribution in [1.82, 2.24) is 4.57 Å². The van der Waals surface area contributed by atoms with Gasteiger partial charge in [-0.15, -0.1) is 0 Å². The molecule has 3 N–H and O–H groups in total. The average Bonchev–Trinajstić information content (AvgIpc) is 3.54. The molecule has 0 aliphatic carbocycles. The standard InChI is InChI=1S/C47H39N5/c1-3-44-43(31-48)42-24-14-15-25-45(42)52(44)38-28-26-34(27-29-38)30-37-20-10-11-22-40(37)41-23-13-12-21-39(41)33(2)46(49)51-47(36-18-8-5-9-19-36)50-32-35-16-6-4-7-17-35/h3-29,31,48H,1-2,30,32H2,(H2,49,50,51). The largest absolute Gasteiger partial charge is 0.383 e. The van der Waals surface area contributed by atoms with E-state index in [0.717, 1.165) is 62.1 Å². The predicted molar refractivity (Wildman–Crippen MR) is 220 cm³/mol. The molecule has 0 atom stereocenters. The summed E-state index contributed by atoms with van der Waals surface area (Å²) in [7, 11) is 0. The van der Waals surface area contributed by atoms with E-state index in [2.05, 4.69) is 103 Å². The lowest BCUT2D eigenvalue weighted by atomic mass is 9.89. The fraction of sp³-hybridized carbons (Fsp3) is 0.0426. The van der Waals surface area contributed by atoms with Crippen LogP contribution in [0.4, 0.5) is 0 Å². The van der Waals surface area contributed by atoms with Crippen LogP contribution in [0.2, 0.25) is 0 Å². The Kier molecular flexibility index (Phi) is 9.94. The second-order valence-corrected chi connectivity index (χ2v) is 12.5. The molecular weight excluding hydrogens is 635 g/mol. The molecule has 0 spiro atoms. The van der Waals surface area contributed by atoms with Crippen LogP contribution in [-0.2, 0) is 13.0 Å². The maximum Gasteiger partial charge on any atom is 0.157 e. The molecule has 0 amide bonds. The molecule has 252 valence electrons. The monoisotopic (exact) mass is 673 g/mol. The molecule has 0 aliphatic rings. The number of hydrogen-bond donors (Lipinski definition) is 2. The van der Waals surface area contributed by atoms with Crippen LogP contribution in [0.5, 0.6) is 0 Å². The van der Waals surface area contributed by atoms with E-state index in [0.29, 0.717) is 23.8 Å². The third-order valence-corrected chi connectivity index (χ3v) is 9.26. The molecule has 5 nitrogen and oxygen atoms in total. The van der Waals surface area contributed by atoms with Crippen molar-refractivity contribution in [3.05, 3.63) is 210 Å². The molecule has 7 rings (SSSR count). The Morgan fingerprint density at radius 3 is 2.06 bits per heavy atom. The normalized spacial score (nSPS) is 11.8. The zero-order chi connectivity index (χ0) is 35.9. The SMILES string of the molecule is C=Cc1c(C=N)c2ccccc2n1-c1ccc(Cc2ccccc2-c2ccccc2C(=C)/C(N)=N/C(=N\Cc2ccccc2)c2ccccc2)cc1. The lowest BCUT2D eigenvalue weighted by Crippen LogP contribution is -2.17. The molecule has 0 bridgehead atoms. The summed E-state index contributed by atoms with van der Waals surface area (Å²) in [6.45, 7) is 8.98. The van der Waals surface area contributed by atoms with Gasteiger partial charge in [-0.1, -0.05) is 153 Å². The van der Waals surface area contributed by atoms with E-state index < -0.39 is 0 Å². The summed E-state index contributed by atoms with van der Waals surface area (Å²) in [6, 6.07) is 53.5. The van der Waals surface area contributed by atoms with Crippen molar-refractivity contribution in [2.24, 2.45) is 15.7 Å². The minimum absolute atomic E-state index is 0.318. The highest BCUT2D eigenvalue weighted by Gasteiger charge is 2.17. The highest BCUT2D eigenvalue weighted by molar-refractivity contribution is 6.26. The maximum atomic E-state index is 8.06. The molecular formula is C47H39N5. The molecule has 52 heavy (non-hydrogen) atoms. The molecule has 1 aromatic heterocycles. The van der Waals surface area contributed by atoms with Crippen molar-refractivity contribution in [3.8, 4) is 16.8 Å². The lowest BCUT2D eigenvalue weighted by molar-refractivity contribution is 1.06. The van der Waals surface area contributed by atoms with E-state index in [9.17, 15) is 0 Å². The molecule has 5 heteroatoms. The number of aliphatic imine (C=N–C) groups is 2. The Morgan fingerprint density at radius 1 is 0.692 bits per heavy atom. The Bertz CT molecular complexity index is 2450. The van der Waals surface area contributed by atoms with Gasteiger partial charge in [-0.25, -0.2) is 4.99 Å². The van der Waals surface area contributed by atoms with E-state index in [4.69, 9.17) is 21.1 Å². The Balaban J connectivity index is 1.19.